The molecule has 3 aliphatic rings. The number of carbonyl (C=O) groups is 3. The summed E-state index contributed by atoms with van der Waals surface area (Å²) in [6, 6.07) is 7.75. The van der Waals surface area contributed by atoms with Gasteiger partial charge in [0.05, 0.1) is 38.0 Å². The Morgan fingerprint density at radius 2 is 1.89 bits per heavy atom. The Hall–Kier alpha value is -3.73. The lowest BCUT2D eigenvalue weighted by atomic mass is 10.1. The van der Waals surface area contributed by atoms with Gasteiger partial charge in [-0.2, -0.15) is 0 Å². The Labute approximate surface area is 222 Å². The van der Waals surface area contributed by atoms with E-state index in [4.69, 9.17) is 14.7 Å². The lowest BCUT2D eigenvalue weighted by Gasteiger charge is -2.35. The molecule has 2 aromatic rings. The number of aromatic nitrogens is 2. The van der Waals surface area contributed by atoms with Gasteiger partial charge in [0.2, 0.25) is 11.8 Å². The minimum Gasteiger partial charge on any atom is -0.377 e. The molecule has 2 fully saturated rings. The van der Waals surface area contributed by atoms with Crippen LogP contribution in [-0.2, 0) is 27.4 Å². The molecule has 0 radical (unpaired) electrons. The third-order valence-electron chi connectivity index (χ3n) is 7.01. The summed E-state index contributed by atoms with van der Waals surface area (Å²) in [5.41, 5.74) is 3.37. The van der Waals surface area contributed by atoms with E-state index < -0.39 is 0 Å². The lowest BCUT2D eigenvalue weighted by Crippen LogP contribution is -2.44. The van der Waals surface area contributed by atoms with Crippen LogP contribution in [0.15, 0.2) is 24.3 Å². The van der Waals surface area contributed by atoms with E-state index in [-0.39, 0.29) is 23.9 Å². The number of nitrogens with zero attached hydrogens (tertiary/aromatic N) is 4. The fourth-order valence-electron chi connectivity index (χ4n) is 4.77. The van der Waals surface area contributed by atoms with Gasteiger partial charge >= 0.3 is 6.03 Å². The Balaban J connectivity index is 1.35. The standard InChI is InChI=1S/C27H35N7O4/c1-17-16-38-13-12-34(17)26-22-14-33(24(36)4-3-11-28-18(2)35)15-23(22)31-25(32-26)19-5-7-20(8-6-19)29-27(37)30-21-9-10-21/h5-8,17,21H,3-4,9-16H2,1-2H3,(H,28,35)(H2,29,30,37)/t17-/m0/s1. The topological polar surface area (TPSA) is 129 Å². The van der Waals surface area contributed by atoms with Crippen molar-refractivity contribution in [2.45, 2.75) is 64.7 Å². The minimum atomic E-state index is -0.195. The molecule has 0 spiro atoms. The van der Waals surface area contributed by atoms with E-state index >= 15 is 0 Å². The average molecular weight is 522 g/mol. The van der Waals surface area contributed by atoms with Crippen LogP contribution in [0.2, 0.25) is 0 Å². The van der Waals surface area contributed by atoms with Crippen LogP contribution in [0.5, 0.6) is 0 Å². The Morgan fingerprint density at radius 3 is 2.61 bits per heavy atom. The smallest absolute Gasteiger partial charge is 0.319 e. The molecule has 1 saturated heterocycles. The van der Waals surface area contributed by atoms with Gasteiger partial charge in [-0.05, 0) is 50.5 Å². The molecule has 3 N–H and O–H groups in total. The fourth-order valence-corrected chi connectivity index (χ4v) is 4.77. The maximum atomic E-state index is 13.0. The molecule has 3 heterocycles. The highest BCUT2D eigenvalue weighted by atomic mass is 16.5. The first-order valence-corrected chi connectivity index (χ1v) is 13.3. The zero-order valence-corrected chi connectivity index (χ0v) is 22.0. The van der Waals surface area contributed by atoms with Gasteiger partial charge in [-0.15, -0.1) is 0 Å². The van der Waals surface area contributed by atoms with E-state index in [1.54, 1.807) is 0 Å². The van der Waals surface area contributed by atoms with Gasteiger partial charge in [-0.25, -0.2) is 14.8 Å². The second-order valence-electron chi connectivity index (χ2n) is 10.2. The zero-order chi connectivity index (χ0) is 26.6. The normalized spacial score (nSPS) is 18.6. The highest BCUT2D eigenvalue weighted by Gasteiger charge is 2.32. The van der Waals surface area contributed by atoms with Crippen LogP contribution >= 0.6 is 0 Å². The number of hydrogen-bond acceptors (Lipinski definition) is 7. The molecule has 11 nitrogen and oxygen atoms in total. The predicted molar refractivity (Wildman–Crippen MR) is 142 cm³/mol. The van der Waals surface area contributed by atoms with Gasteiger partial charge in [0.1, 0.15) is 5.82 Å². The SMILES string of the molecule is CC(=O)NCCCC(=O)N1Cc2nc(-c3ccc(NC(=O)NC4CC4)cc3)nc(N3CCOC[C@@H]3C)c2C1. The van der Waals surface area contributed by atoms with Gasteiger partial charge in [-0.1, -0.05) is 0 Å². The molecular formula is C27H35N7O4. The fraction of sp³-hybridized carbons (Fsp3) is 0.519. The largest absolute Gasteiger partial charge is 0.377 e. The van der Waals surface area contributed by atoms with Crippen LogP contribution in [0.25, 0.3) is 11.4 Å². The third-order valence-corrected chi connectivity index (χ3v) is 7.01. The van der Waals surface area contributed by atoms with Crippen LogP contribution in [0, 0.1) is 0 Å². The first kappa shape index (κ1) is 25.9. The lowest BCUT2D eigenvalue weighted by molar-refractivity contribution is -0.132. The number of carbonyl (C=O) groups excluding carboxylic acids is 3. The Morgan fingerprint density at radius 1 is 1.11 bits per heavy atom. The molecule has 202 valence electrons. The van der Waals surface area contributed by atoms with Crippen LogP contribution in [0.1, 0.15) is 50.8 Å². The van der Waals surface area contributed by atoms with Gasteiger partial charge in [0.25, 0.3) is 0 Å². The highest BCUT2D eigenvalue weighted by molar-refractivity contribution is 5.90. The third kappa shape index (κ3) is 6.21. The van der Waals surface area contributed by atoms with E-state index in [9.17, 15) is 14.4 Å². The maximum absolute atomic E-state index is 13.0. The molecule has 4 amide bonds. The monoisotopic (exact) mass is 521 g/mol. The summed E-state index contributed by atoms with van der Waals surface area (Å²) in [5, 5.41) is 8.52. The number of hydrogen-bond donors (Lipinski definition) is 3. The van der Waals surface area contributed by atoms with E-state index in [1.807, 2.05) is 29.2 Å². The maximum Gasteiger partial charge on any atom is 0.319 e. The van der Waals surface area contributed by atoms with Crippen molar-refractivity contribution in [1.29, 1.82) is 0 Å². The first-order valence-electron chi connectivity index (χ1n) is 13.3. The Bertz CT molecular complexity index is 1200. The van der Waals surface area contributed by atoms with Crippen molar-refractivity contribution >= 4 is 29.4 Å². The summed E-state index contributed by atoms with van der Waals surface area (Å²) in [6.07, 6.45) is 3.02. The average Bonchev–Trinajstić information content (AvgIpc) is 3.60. The Kier molecular flexibility index (Phi) is 7.73. The highest BCUT2D eigenvalue weighted by Crippen LogP contribution is 2.34. The number of amides is 4. The molecule has 38 heavy (non-hydrogen) atoms. The summed E-state index contributed by atoms with van der Waals surface area (Å²) in [6.45, 7) is 6.91. The van der Waals surface area contributed by atoms with Crippen molar-refractivity contribution in [2.75, 3.05) is 36.5 Å². The first-order chi connectivity index (χ1) is 18.4. The second-order valence-corrected chi connectivity index (χ2v) is 10.2. The summed E-state index contributed by atoms with van der Waals surface area (Å²) in [7, 11) is 0. The van der Waals surface area contributed by atoms with Gasteiger partial charge in [0.15, 0.2) is 5.82 Å². The van der Waals surface area contributed by atoms with Gasteiger partial charge in [-0.3, -0.25) is 9.59 Å². The summed E-state index contributed by atoms with van der Waals surface area (Å²) in [5.74, 6) is 1.38. The number of nitrogens with one attached hydrogen (secondary N) is 3. The van der Waals surface area contributed by atoms with Crippen LogP contribution < -0.4 is 20.9 Å². The van der Waals surface area contributed by atoms with Crippen molar-refractivity contribution in [3.05, 3.63) is 35.5 Å². The van der Waals surface area contributed by atoms with Crippen LogP contribution in [0.3, 0.4) is 0 Å². The molecule has 1 aliphatic carbocycles. The van der Waals surface area contributed by atoms with E-state index in [1.165, 1.54) is 6.92 Å². The molecule has 2 aliphatic heterocycles. The zero-order valence-electron chi connectivity index (χ0n) is 22.0. The molecule has 1 aromatic carbocycles. The molecule has 1 saturated carbocycles. The van der Waals surface area contributed by atoms with Crippen LogP contribution in [0.4, 0.5) is 16.3 Å². The van der Waals surface area contributed by atoms with Crippen LogP contribution in [-0.4, -0.2) is 71.1 Å². The van der Waals surface area contributed by atoms with Crippen molar-refractivity contribution in [3.63, 3.8) is 0 Å². The van der Waals surface area contributed by atoms with E-state index in [0.29, 0.717) is 69.8 Å². The quantitative estimate of drug-likeness (QED) is 0.455. The number of fused-ring (bicyclic) bond motifs is 1. The number of anilines is 2. The number of benzene rings is 1. The molecular weight excluding hydrogens is 486 g/mol. The van der Waals surface area contributed by atoms with E-state index in [2.05, 4.69) is 27.8 Å². The van der Waals surface area contributed by atoms with Gasteiger partial charge in [0, 0.05) is 49.3 Å². The summed E-state index contributed by atoms with van der Waals surface area (Å²) >= 11 is 0. The minimum absolute atomic E-state index is 0.0378. The molecule has 0 bridgehead atoms. The number of morpholine rings is 1. The second kappa shape index (κ2) is 11.3. The molecule has 1 aromatic heterocycles. The number of ether oxygens (including phenoxy) is 1. The van der Waals surface area contributed by atoms with Crippen molar-refractivity contribution in [3.8, 4) is 11.4 Å². The van der Waals surface area contributed by atoms with Gasteiger partial charge < -0.3 is 30.5 Å². The van der Waals surface area contributed by atoms with E-state index in [0.717, 1.165) is 35.5 Å². The van der Waals surface area contributed by atoms with Crippen molar-refractivity contribution in [2.24, 2.45) is 0 Å². The predicted octanol–water partition coefficient (Wildman–Crippen LogP) is 2.41. The summed E-state index contributed by atoms with van der Waals surface area (Å²) < 4.78 is 5.65. The number of urea groups is 1. The molecule has 1 atom stereocenters. The van der Waals surface area contributed by atoms with Crippen molar-refractivity contribution < 1.29 is 19.1 Å². The summed E-state index contributed by atoms with van der Waals surface area (Å²) in [4.78, 5) is 50.1. The van der Waals surface area contributed by atoms with Crippen molar-refractivity contribution in [1.82, 2.24) is 25.5 Å². The molecule has 0 unspecified atom stereocenters. The molecule has 11 heteroatoms. The number of rotatable bonds is 8. The molecule has 5 rings (SSSR count).